The lowest BCUT2D eigenvalue weighted by Crippen LogP contribution is -2.30. The van der Waals surface area contributed by atoms with Crippen molar-refractivity contribution >= 4 is 25.7 Å². The second-order valence-electron chi connectivity index (χ2n) is 19.8. The molecule has 11 nitrogen and oxygen atoms in total. The Bertz CT molecular complexity index is 1520. The molecule has 12 heteroatoms. The lowest BCUT2D eigenvalue weighted by molar-refractivity contribution is -0.161. The highest BCUT2D eigenvalue weighted by atomic mass is 31.2. The first-order valence-electron chi connectivity index (χ1n) is 29.8. The van der Waals surface area contributed by atoms with Crippen molar-refractivity contribution in [1.82, 2.24) is 0 Å². The van der Waals surface area contributed by atoms with E-state index in [4.69, 9.17) is 23.3 Å². The molecule has 0 spiro atoms. The number of unbranched alkanes of at least 4 members (excludes halogenated alkanes) is 26. The van der Waals surface area contributed by atoms with E-state index in [1.54, 1.807) is 0 Å². The SMILES string of the molecule is CC/C=C\C/C=C\C/C=C\C/C=C\C/C=C\C/C=C\CCC(=O)OCC(COP(=O)(O)OCC(CO)OC(=O)CCCCCCCCCCCCC)OC(=O)CCCCCCCCCCCCCCCCCCC. The average molecular weight is 1060 g/mol. The molecule has 0 aliphatic heterocycles. The van der Waals surface area contributed by atoms with Crippen LogP contribution in [0, 0.1) is 0 Å². The van der Waals surface area contributed by atoms with Crippen LogP contribution in [0.4, 0.5) is 0 Å². The zero-order chi connectivity index (χ0) is 54.1. The number of aliphatic hydroxyl groups is 1. The van der Waals surface area contributed by atoms with Crippen molar-refractivity contribution in [3.8, 4) is 0 Å². The molecule has 0 saturated carbocycles. The first-order chi connectivity index (χ1) is 36.2. The number of allylic oxidation sites excluding steroid dienone is 12. The third-order valence-corrected chi connectivity index (χ3v) is 13.6. The summed E-state index contributed by atoms with van der Waals surface area (Å²) in [6.45, 7) is 4.47. The van der Waals surface area contributed by atoms with E-state index in [0.29, 0.717) is 19.3 Å². The van der Waals surface area contributed by atoms with E-state index in [9.17, 15) is 28.9 Å². The molecule has 2 N–H and O–H groups in total. The quantitative estimate of drug-likeness (QED) is 0.0197. The number of aliphatic hydroxyl groups excluding tert-OH is 1. The Morgan fingerprint density at radius 2 is 0.703 bits per heavy atom. The van der Waals surface area contributed by atoms with Gasteiger partial charge in [-0.2, -0.15) is 0 Å². The Hall–Kier alpha value is -3.08. The number of phosphoric ester groups is 1. The van der Waals surface area contributed by atoms with Gasteiger partial charge in [0, 0.05) is 19.3 Å². The van der Waals surface area contributed by atoms with Gasteiger partial charge in [0.25, 0.3) is 0 Å². The lowest BCUT2D eigenvalue weighted by Gasteiger charge is -2.21. The molecular formula is C62H109O11P. The number of hydrogen-bond acceptors (Lipinski definition) is 10. The molecule has 0 bridgehead atoms. The first-order valence-corrected chi connectivity index (χ1v) is 31.3. The molecule has 0 aromatic rings. The van der Waals surface area contributed by atoms with Gasteiger partial charge in [-0.15, -0.1) is 0 Å². The largest absolute Gasteiger partial charge is 0.472 e. The van der Waals surface area contributed by atoms with Crippen LogP contribution < -0.4 is 0 Å². The minimum atomic E-state index is -4.76. The highest BCUT2D eigenvalue weighted by Crippen LogP contribution is 2.43. The highest BCUT2D eigenvalue weighted by molar-refractivity contribution is 7.47. The minimum Gasteiger partial charge on any atom is -0.462 e. The monoisotopic (exact) mass is 1060 g/mol. The fourth-order valence-electron chi connectivity index (χ4n) is 8.15. The number of carbonyl (C=O) groups excluding carboxylic acids is 3. The van der Waals surface area contributed by atoms with E-state index < -0.39 is 57.8 Å². The average Bonchev–Trinajstić information content (AvgIpc) is 3.39. The number of ether oxygens (including phenoxy) is 3. The van der Waals surface area contributed by atoms with Gasteiger partial charge in [0.2, 0.25) is 0 Å². The predicted octanol–water partition coefficient (Wildman–Crippen LogP) is 17.7. The molecule has 3 unspecified atom stereocenters. The Morgan fingerprint density at radius 1 is 0.392 bits per heavy atom. The number of esters is 3. The molecule has 74 heavy (non-hydrogen) atoms. The van der Waals surface area contributed by atoms with Crippen LogP contribution in [0.2, 0.25) is 0 Å². The normalized spacial score (nSPS) is 13.9. The van der Waals surface area contributed by atoms with E-state index in [1.165, 1.54) is 128 Å². The zero-order valence-corrected chi connectivity index (χ0v) is 48.2. The smallest absolute Gasteiger partial charge is 0.462 e. The van der Waals surface area contributed by atoms with E-state index in [1.807, 2.05) is 12.2 Å². The van der Waals surface area contributed by atoms with Gasteiger partial charge < -0.3 is 24.2 Å². The van der Waals surface area contributed by atoms with Crippen LogP contribution in [0.15, 0.2) is 72.9 Å². The van der Waals surface area contributed by atoms with Gasteiger partial charge in [-0.1, -0.05) is 261 Å². The van der Waals surface area contributed by atoms with Crippen molar-refractivity contribution in [3.05, 3.63) is 72.9 Å². The van der Waals surface area contributed by atoms with Gasteiger partial charge in [-0.3, -0.25) is 23.4 Å². The molecule has 0 heterocycles. The van der Waals surface area contributed by atoms with Crippen LogP contribution in [0.25, 0.3) is 0 Å². The fraction of sp³-hybridized carbons (Fsp3) is 0.758. The molecule has 0 rings (SSSR count). The molecule has 0 aliphatic rings. The Morgan fingerprint density at radius 3 is 1.05 bits per heavy atom. The third-order valence-electron chi connectivity index (χ3n) is 12.7. The maximum atomic E-state index is 12.9. The van der Waals surface area contributed by atoms with Crippen molar-refractivity contribution in [1.29, 1.82) is 0 Å². The van der Waals surface area contributed by atoms with Crippen LogP contribution in [0.5, 0.6) is 0 Å². The van der Waals surface area contributed by atoms with Gasteiger partial charge in [-0.25, -0.2) is 4.57 Å². The molecule has 0 aromatic heterocycles. The van der Waals surface area contributed by atoms with Gasteiger partial charge >= 0.3 is 25.7 Å². The van der Waals surface area contributed by atoms with E-state index in [2.05, 4.69) is 81.5 Å². The number of phosphoric acid groups is 1. The molecule has 0 fully saturated rings. The summed E-state index contributed by atoms with van der Waals surface area (Å²) < 4.78 is 39.5. The molecular weight excluding hydrogens is 952 g/mol. The van der Waals surface area contributed by atoms with Gasteiger partial charge in [0.05, 0.1) is 19.8 Å². The number of carbonyl (C=O) groups is 3. The van der Waals surface area contributed by atoms with Gasteiger partial charge in [-0.05, 0) is 57.8 Å². The van der Waals surface area contributed by atoms with Gasteiger partial charge in [0.1, 0.15) is 12.7 Å². The topological polar surface area (TPSA) is 155 Å². The van der Waals surface area contributed by atoms with Crippen molar-refractivity contribution < 1.29 is 52.2 Å². The fourth-order valence-corrected chi connectivity index (χ4v) is 8.93. The van der Waals surface area contributed by atoms with Crippen LogP contribution in [0.3, 0.4) is 0 Å². The number of hydrogen-bond donors (Lipinski definition) is 2. The van der Waals surface area contributed by atoms with Crippen molar-refractivity contribution in [2.45, 2.75) is 277 Å². The Balaban J connectivity index is 4.80. The van der Waals surface area contributed by atoms with Crippen molar-refractivity contribution in [2.75, 3.05) is 26.4 Å². The summed E-state index contributed by atoms with van der Waals surface area (Å²) >= 11 is 0. The predicted molar refractivity (Wildman–Crippen MR) is 307 cm³/mol. The summed E-state index contributed by atoms with van der Waals surface area (Å²) in [5.74, 6) is -1.55. The van der Waals surface area contributed by atoms with Crippen LogP contribution in [-0.2, 0) is 42.2 Å². The van der Waals surface area contributed by atoms with E-state index in [-0.39, 0.29) is 25.9 Å². The van der Waals surface area contributed by atoms with Gasteiger partial charge in [0.15, 0.2) is 6.10 Å². The molecule has 3 atom stereocenters. The van der Waals surface area contributed by atoms with Crippen molar-refractivity contribution in [2.24, 2.45) is 0 Å². The highest BCUT2D eigenvalue weighted by Gasteiger charge is 2.28. The van der Waals surface area contributed by atoms with Crippen molar-refractivity contribution in [3.63, 3.8) is 0 Å². The Labute approximate surface area is 452 Å². The summed E-state index contributed by atoms with van der Waals surface area (Å²) in [5, 5.41) is 9.80. The summed E-state index contributed by atoms with van der Waals surface area (Å²) in [6, 6.07) is 0. The summed E-state index contributed by atoms with van der Waals surface area (Å²) in [6.07, 6.45) is 63.1. The maximum absolute atomic E-state index is 12.9. The van der Waals surface area contributed by atoms with Crippen LogP contribution in [-0.4, -0.2) is 66.5 Å². The zero-order valence-electron chi connectivity index (χ0n) is 47.3. The Kier molecular flexibility index (Phi) is 53.8. The molecule has 0 saturated heterocycles. The molecule has 0 aromatic carbocycles. The van der Waals surface area contributed by atoms with E-state index >= 15 is 0 Å². The minimum absolute atomic E-state index is 0.102. The summed E-state index contributed by atoms with van der Waals surface area (Å²) in [5.41, 5.74) is 0. The lowest BCUT2D eigenvalue weighted by atomic mass is 10.0. The molecule has 0 aliphatic carbocycles. The summed E-state index contributed by atoms with van der Waals surface area (Å²) in [4.78, 5) is 48.5. The molecule has 0 amide bonds. The third kappa shape index (κ3) is 53.7. The second kappa shape index (κ2) is 56.1. The van der Waals surface area contributed by atoms with E-state index in [0.717, 1.165) is 77.0 Å². The molecule has 428 valence electrons. The molecule has 0 radical (unpaired) electrons. The first kappa shape index (κ1) is 70.9. The van der Waals surface area contributed by atoms with Crippen LogP contribution in [0.1, 0.15) is 265 Å². The second-order valence-corrected chi connectivity index (χ2v) is 21.2. The number of rotatable bonds is 55. The van der Waals surface area contributed by atoms with Crippen LogP contribution >= 0.6 is 7.82 Å². The maximum Gasteiger partial charge on any atom is 0.472 e. The standard InChI is InChI=1S/C62H109O11P/c1-4-7-10-13-16-19-22-24-26-28-29-31-32-34-37-39-42-45-48-51-60(64)69-55-59(73-62(66)53-50-47-44-41-38-35-33-30-27-25-23-20-17-14-11-8-5-2)57-71-74(67,68)70-56-58(54-63)72-61(65)52-49-46-43-40-36-21-18-15-12-9-6-3/h7,10,16,19,24,26,29,31,34,37,42,45,58-59,63H,4-6,8-9,11-15,17-18,20-23,25,27-28,30,32-33,35-36,38-41,43-44,46-57H2,1-3H3,(H,67,68)/b10-7-,19-16-,26-24-,31-29-,37-34-,45-42-. The summed E-state index contributed by atoms with van der Waals surface area (Å²) in [7, 11) is -4.76.